The van der Waals surface area contributed by atoms with Crippen molar-refractivity contribution < 1.29 is 27.1 Å². The van der Waals surface area contributed by atoms with Gasteiger partial charge in [0.25, 0.3) is 5.91 Å². The number of carbonyl (C=O) groups excluding carboxylic acids is 1. The van der Waals surface area contributed by atoms with Gasteiger partial charge in [-0.25, -0.2) is 9.97 Å². The summed E-state index contributed by atoms with van der Waals surface area (Å²) in [5.41, 5.74) is 7.17. The van der Waals surface area contributed by atoms with Crippen molar-refractivity contribution in [2.24, 2.45) is 5.73 Å². The number of carbonyl (C=O) groups is 1. The number of fused-ring (bicyclic) bond motifs is 2. The van der Waals surface area contributed by atoms with Crippen LogP contribution in [0.4, 0.5) is 13.2 Å². The summed E-state index contributed by atoms with van der Waals surface area (Å²) in [5.74, 6) is 0.00973. The molecule has 3 aromatic heterocycles. The van der Waals surface area contributed by atoms with E-state index >= 15 is 0 Å². The highest BCUT2D eigenvalue weighted by atomic mass is 19.4. The number of alkyl halides is 3. The van der Waals surface area contributed by atoms with Crippen molar-refractivity contribution in [3.63, 3.8) is 0 Å². The molecule has 8 nitrogen and oxygen atoms in total. The second kappa shape index (κ2) is 8.35. The van der Waals surface area contributed by atoms with E-state index < -0.39 is 17.9 Å². The molecule has 0 saturated carbocycles. The Morgan fingerprint density at radius 1 is 1.17 bits per heavy atom. The number of pyridine rings is 2. The summed E-state index contributed by atoms with van der Waals surface area (Å²) >= 11 is 0. The van der Waals surface area contributed by atoms with Crippen LogP contribution in [0.5, 0.6) is 5.75 Å². The Morgan fingerprint density at radius 2 is 1.97 bits per heavy atom. The Morgan fingerprint density at radius 3 is 2.66 bits per heavy atom. The van der Waals surface area contributed by atoms with Gasteiger partial charge in [0.15, 0.2) is 11.5 Å². The highest BCUT2D eigenvalue weighted by Crippen LogP contribution is 2.37. The second-order valence-corrected chi connectivity index (χ2v) is 8.20. The predicted octanol–water partition coefficient (Wildman–Crippen LogP) is 4.49. The molecule has 5 rings (SSSR count). The monoisotopic (exact) mass is 483 g/mol. The smallest absolute Gasteiger partial charge is 0.433 e. The minimum atomic E-state index is -4.62. The number of nitrogens with zero attached hydrogens (tertiary/aromatic N) is 4. The minimum absolute atomic E-state index is 0.00526. The van der Waals surface area contributed by atoms with Crippen molar-refractivity contribution in [1.82, 2.24) is 19.9 Å². The summed E-state index contributed by atoms with van der Waals surface area (Å²) in [5, 5.41) is 0.326. The van der Waals surface area contributed by atoms with E-state index in [0.717, 1.165) is 17.3 Å². The first kappa shape index (κ1) is 22.8. The molecule has 35 heavy (non-hydrogen) atoms. The zero-order valence-electron chi connectivity index (χ0n) is 18.8. The standard InChI is InChI=1S/C24H20F3N5O3/c1-12(28)21-20(23(33)32-10-13-4-3-9-29-16(13)11-32)31-22(35-21)15-5-7-17(34-2)19-14(15)6-8-18(30-19)24(25,26)27/h3-9,12H,10-11,28H2,1-2H3/t12-/m0/s1. The molecule has 0 saturated heterocycles. The number of benzene rings is 1. The number of oxazole rings is 1. The first-order valence-corrected chi connectivity index (χ1v) is 10.7. The Balaban J connectivity index is 1.59. The van der Waals surface area contributed by atoms with Crippen molar-refractivity contribution in [3.05, 3.63) is 71.0 Å². The van der Waals surface area contributed by atoms with Crippen LogP contribution in [0.2, 0.25) is 0 Å². The lowest BCUT2D eigenvalue weighted by Gasteiger charge is -2.14. The van der Waals surface area contributed by atoms with E-state index in [-0.39, 0.29) is 34.5 Å². The molecule has 0 fully saturated rings. The Kier molecular flexibility index (Phi) is 5.43. The molecule has 0 bridgehead atoms. The lowest BCUT2D eigenvalue weighted by atomic mass is 10.1. The summed E-state index contributed by atoms with van der Waals surface area (Å²) < 4.78 is 50.9. The van der Waals surface area contributed by atoms with Gasteiger partial charge in [-0.15, -0.1) is 0 Å². The average Bonchev–Trinajstić information content (AvgIpc) is 3.47. The fraction of sp³-hybridized carbons (Fsp3) is 0.250. The van der Waals surface area contributed by atoms with Gasteiger partial charge in [-0.05, 0) is 42.8 Å². The van der Waals surface area contributed by atoms with E-state index in [0.29, 0.717) is 24.0 Å². The molecule has 1 aromatic carbocycles. The molecule has 1 aliphatic heterocycles. The lowest BCUT2D eigenvalue weighted by molar-refractivity contribution is -0.140. The van der Waals surface area contributed by atoms with Gasteiger partial charge in [0.1, 0.15) is 17.0 Å². The molecule has 2 N–H and O–H groups in total. The van der Waals surface area contributed by atoms with Gasteiger partial charge in [0.2, 0.25) is 5.89 Å². The van der Waals surface area contributed by atoms with Gasteiger partial charge in [0, 0.05) is 23.7 Å². The van der Waals surface area contributed by atoms with Crippen LogP contribution in [0.25, 0.3) is 22.4 Å². The maximum atomic E-state index is 13.4. The number of halogens is 3. The van der Waals surface area contributed by atoms with Crippen LogP contribution in [-0.4, -0.2) is 32.9 Å². The first-order valence-electron chi connectivity index (χ1n) is 10.7. The molecule has 0 spiro atoms. The molecule has 4 aromatic rings. The Labute approximate surface area is 197 Å². The molecular formula is C24H20F3N5O3. The molecule has 1 atom stereocenters. The van der Waals surface area contributed by atoms with E-state index in [2.05, 4.69) is 15.0 Å². The van der Waals surface area contributed by atoms with Gasteiger partial charge in [-0.3, -0.25) is 9.78 Å². The second-order valence-electron chi connectivity index (χ2n) is 8.20. The average molecular weight is 483 g/mol. The van der Waals surface area contributed by atoms with Crippen LogP contribution >= 0.6 is 0 Å². The highest BCUT2D eigenvalue weighted by Gasteiger charge is 2.34. The topological polar surface area (TPSA) is 107 Å². The number of methoxy groups -OCH3 is 1. The third kappa shape index (κ3) is 3.97. The van der Waals surface area contributed by atoms with E-state index in [9.17, 15) is 18.0 Å². The van der Waals surface area contributed by atoms with Gasteiger partial charge in [-0.1, -0.05) is 6.07 Å². The van der Waals surface area contributed by atoms with Crippen LogP contribution < -0.4 is 10.5 Å². The van der Waals surface area contributed by atoms with Gasteiger partial charge in [0.05, 0.1) is 25.4 Å². The Bertz CT molecular complexity index is 1420. The number of ether oxygens (including phenoxy) is 1. The number of amides is 1. The van der Waals surface area contributed by atoms with Crippen molar-refractivity contribution in [2.75, 3.05) is 7.11 Å². The zero-order valence-corrected chi connectivity index (χ0v) is 18.8. The summed E-state index contributed by atoms with van der Waals surface area (Å²) in [6.45, 7) is 2.36. The van der Waals surface area contributed by atoms with Gasteiger partial charge in [-0.2, -0.15) is 13.2 Å². The third-order valence-electron chi connectivity index (χ3n) is 5.80. The number of nitrogens with two attached hydrogens (primary N) is 1. The summed E-state index contributed by atoms with van der Waals surface area (Å²) in [6, 6.07) is 8.28. The molecule has 0 aliphatic carbocycles. The molecule has 1 aliphatic rings. The van der Waals surface area contributed by atoms with Crippen molar-refractivity contribution in [1.29, 1.82) is 0 Å². The normalized spacial score (nSPS) is 14.3. The van der Waals surface area contributed by atoms with Crippen LogP contribution in [-0.2, 0) is 19.3 Å². The molecule has 11 heteroatoms. The summed E-state index contributed by atoms with van der Waals surface area (Å²) in [6.07, 6.45) is -2.95. The van der Waals surface area contributed by atoms with E-state index in [1.165, 1.54) is 19.2 Å². The van der Waals surface area contributed by atoms with E-state index in [4.69, 9.17) is 14.9 Å². The number of aromatic nitrogens is 3. The fourth-order valence-corrected chi connectivity index (χ4v) is 4.10. The highest BCUT2D eigenvalue weighted by molar-refractivity contribution is 5.98. The van der Waals surface area contributed by atoms with Crippen molar-refractivity contribution in [3.8, 4) is 17.2 Å². The first-order chi connectivity index (χ1) is 16.7. The minimum Gasteiger partial charge on any atom is -0.494 e. The van der Waals surface area contributed by atoms with E-state index in [1.807, 2.05) is 6.07 Å². The largest absolute Gasteiger partial charge is 0.494 e. The Hall–Kier alpha value is -3.99. The van der Waals surface area contributed by atoms with Gasteiger partial charge >= 0.3 is 6.18 Å². The molecule has 0 unspecified atom stereocenters. The van der Waals surface area contributed by atoms with Crippen molar-refractivity contribution >= 4 is 16.8 Å². The maximum absolute atomic E-state index is 13.4. The number of hydrogen-bond acceptors (Lipinski definition) is 7. The van der Waals surface area contributed by atoms with Crippen molar-refractivity contribution in [2.45, 2.75) is 32.2 Å². The molecule has 4 heterocycles. The van der Waals surface area contributed by atoms with E-state index in [1.54, 1.807) is 30.2 Å². The summed E-state index contributed by atoms with van der Waals surface area (Å²) in [4.78, 5) is 27.5. The third-order valence-corrected chi connectivity index (χ3v) is 5.80. The quantitative estimate of drug-likeness (QED) is 0.456. The predicted molar refractivity (Wildman–Crippen MR) is 119 cm³/mol. The zero-order chi connectivity index (χ0) is 24.9. The SMILES string of the molecule is COc1ccc(-c2nc(C(=O)N3Cc4cccnc4C3)c([C@H](C)N)o2)c2ccc(C(F)(F)F)nc12. The number of rotatable bonds is 4. The molecule has 0 radical (unpaired) electrons. The molecule has 180 valence electrons. The van der Waals surface area contributed by atoms with Crippen LogP contribution in [0, 0.1) is 0 Å². The maximum Gasteiger partial charge on any atom is 0.433 e. The summed E-state index contributed by atoms with van der Waals surface area (Å²) in [7, 11) is 1.34. The molecule has 1 amide bonds. The van der Waals surface area contributed by atoms with Crippen LogP contribution in [0.1, 0.15) is 46.2 Å². The van der Waals surface area contributed by atoms with Crippen LogP contribution in [0.3, 0.4) is 0 Å². The van der Waals surface area contributed by atoms with Gasteiger partial charge < -0.3 is 19.8 Å². The number of hydrogen-bond donors (Lipinski definition) is 1. The fourth-order valence-electron chi connectivity index (χ4n) is 4.10. The lowest BCUT2D eigenvalue weighted by Crippen LogP contribution is -2.27. The van der Waals surface area contributed by atoms with Crippen LogP contribution in [0.15, 0.2) is 47.0 Å². The molecular weight excluding hydrogens is 463 g/mol.